The highest BCUT2D eigenvalue weighted by atomic mass is 16.2. The molecule has 1 aromatic heterocycles. The van der Waals surface area contributed by atoms with E-state index in [0.29, 0.717) is 0 Å². The van der Waals surface area contributed by atoms with Crippen LogP contribution in [0.5, 0.6) is 0 Å². The summed E-state index contributed by atoms with van der Waals surface area (Å²) in [5, 5.41) is 0.383. The smallest absolute Gasteiger partial charge is 0.267 e. The van der Waals surface area contributed by atoms with E-state index in [-0.39, 0.29) is 27.6 Å². The van der Waals surface area contributed by atoms with Crippen LogP contribution in [0.2, 0.25) is 0 Å². The van der Waals surface area contributed by atoms with E-state index in [9.17, 15) is 14.4 Å². The number of nitrogens with zero attached hydrogens (tertiary/aromatic N) is 3. The number of aromatic nitrogens is 2. The maximum Gasteiger partial charge on any atom is 0.275 e. The standard InChI is InChI=1S/C11H9N3O3/c1-13-10(16)7-4-3-5-8(12-6-15)9(7)11(17)14(13)2/h3-5H,1-2H3. The van der Waals surface area contributed by atoms with Gasteiger partial charge in [-0.05, 0) is 12.1 Å². The van der Waals surface area contributed by atoms with Gasteiger partial charge in [0, 0.05) is 14.1 Å². The number of hydrogen-bond acceptors (Lipinski definition) is 4. The minimum absolute atomic E-state index is 0.140. The number of isocyanates is 1. The maximum atomic E-state index is 12.0. The summed E-state index contributed by atoms with van der Waals surface area (Å²) in [5.74, 6) is 0. The van der Waals surface area contributed by atoms with Crippen molar-refractivity contribution in [3.63, 3.8) is 0 Å². The molecule has 0 bridgehead atoms. The molecular formula is C11H9N3O3. The molecule has 0 saturated carbocycles. The monoisotopic (exact) mass is 231 g/mol. The van der Waals surface area contributed by atoms with Crippen LogP contribution < -0.4 is 11.1 Å². The average Bonchev–Trinajstić information content (AvgIpc) is 2.34. The van der Waals surface area contributed by atoms with Gasteiger partial charge in [0.25, 0.3) is 11.1 Å². The molecule has 2 rings (SSSR count). The van der Waals surface area contributed by atoms with Crippen molar-refractivity contribution in [2.45, 2.75) is 0 Å². The number of fused-ring (bicyclic) bond motifs is 1. The van der Waals surface area contributed by atoms with Gasteiger partial charge in [-0.1, -0.05) is 6.07 Å². The maximum absolute atomic E-state index is 12.0. The van der Waals surface area contributed by atoms with E-state index in [1.165, 1.54) is 41.7 Å². The molecule has 0 spiro atoms. The van der Waals surface area contributed by atoms with Crippen LogP contribution in [0.1, 0.15) is 0 Å². The van der Waals surface area contributed by atoms with E-state index in [2.05, 4.69) is 4.99 Å². The molecule has 0 atom stereocenters. The van der Waals surface area contributed by atoms with Crippen LogP contribution in [0.25, 0.3) is 10.8 Å². The summed E-state index contributed by atoms with van der Waals surface area (Å²) in [7, 11) is 2.98. The van der Waals surface area contributed by atoms with E-state index < -0.39 is 0 Å². The van der Waals surface area contributed by atoms with Crippen molar-refractivity contribution >= 4 is 22.5 Å². The van der Waals surface area contributed by atoms with Gasteiger partial charge in [0.2, 0.25) is 6.08 Å². The van der Waals surface area contributed by atoms with Gasteiger partial charge in [-0.25, -0.2) is 4.79 Å². The fourth-order valence-corrected chi connectivity index (χ4v) is 1.69. The van der Waals surface area contributed by atoms with Crippen molar-refractivity contribution < 1.29 is 4.79 Å². The van der Waals surface area contributed by atoms with Crippen molar-refractivity contribution in [3.05, 3.63) is 38.9 Å². The van der Waals surface area contributed by atoms with Crippen LogP contribution in [-0.4, -0.2) is 15.4 Å². The van der Waals surface area contributed by atoms with Gasteiger partial charge < -0.3 is 0 Å². The highest BCUT2D eigenvalue weighted by molar-refractivity contribution is 5.91. The third-order valence-corrected chi connectivity index (χ3v) is 2.69. The first-order valence-electron chi connectivity index (χ1n) is 4.85. The number of hydrogen-bond donors (Lipinski definition) is 0. The Bertz CT molecular complexity index is 764. The lowest BCUT2D eigenvalue weighted by molar-refractivity contribution is 0.543. The van der Waals surface area contributed by atoms with E-state index in [1.807, 2.05) is 0 Å². The number of benzene rings is 1. The summed E-state index contributed by atoms with van der Waals surface area (Å²) in [4.78, 5) is 37.7. The van der Waals surface area contributed by atoms with E-state index in [4.69, 9.17) is 0 Å². The zero-order chi connectivity index (χ0) is 12.6. The Morgan fingerprint density at radius 3 is 2.41 bits per heavy atom. The molecular weight excluding hydrogens is 222 g/mol. The lowest BCUT2D eigenvalue weighted by Gasteiger charge is -2.08. The first-order chi connectivity index (χ1) is 8.07. The quantitative estimate of drug-likeness (QED) is 0.520. The lowest BCUT2D eigenvalue weighted by Crippen LogP contribution is -2.35. The molecule has 6 heteroatoms. The largest absolute Gasteiger partial charge is 0.275 e. The molecule has 0 fully saturated rings. The Morgan fingerprint density at radius 1 is 1.12 bits per heavy atom. The number of carbonyl (C=O) groups excluding carboxylic acids is 1. The van der Waals surface area contributed by atoms with Crippen LogP contribution in [0, 0.1) is 0 Å². The third-order valence-electron chi connectivity index (χ3n) is 2.69. The fourth-order valence-electron chi connectivity index (χ4n) is 1.69. The first-order valence-corrected chi connectivity index (χ1v) is 4.85. The van der Waals surface area contributed by atoms with E-state index in [0.717, 1.165) is 0 Å². The normalized spacial score (nSPS) is 10.2. The average molecular weight is 231 g/mol. The summed E-state index contributed by atoms with van der Waals surface area (Å²) in [6.07, 6.45) is 1.37. The molecule has 0 saturated heterocycles. The first kappa shape index (κ1) is 11.0. The molecule has 0 amide bonds. The Hall–Kier alpha value is -2.46. The molecule has 0 radical (unpaired) electrons. The summed E-state index contributed by atoms with van der Waals surface area (Å²) in [6.45, 7) is 0. The molecule has 0 unspecified atom stereocenters. The molecule has 2 aromatic rings. The fraction of sp³-hybridized carbons (Fsp3) is 0.182. The van der Waals surface area contributed by atoms with Crippen molar-refractivity contribution in [1.82, 2.24) is 9.36 Å². The van der Waals surface area contributed by atoms with Crippen molar-refractivity contribution in [1.29, 1.82) is 0 Å². The highest BCUT2D eigenvalue weighted by Gasteiger charge is 2.11. The van der Waals surface area contributed by atoms with Crippen LogP contribution in [0.4, 0.5) is 5.69 Å². The molecule has 0 aliphatic carbocycles. The Labute approximate surface area is 95.4 Å². The van der Waals surface area contributed by atoms with Gasteiger partial charge in [0.05, 0.1) is 16.5 Å². The minimum atomic E-state index is -0.378. The van der Waals surface area contributed by atoms with Crippen molar-refractivity contribution in [2.75, 3.05) is 0 Å². The van der Waals surface area contributed by atoms with Gasteiger partial charge in [-0.15, -0.1) is 0 Å². The number of rotatable bonds is 1. The van der Waals surface area contributed by atoms with E-state index >= 15 is 0 Å². The zero-order valence-electron chi connectivity index (χ0n) is 9.30. The lowest BCUT2D eigenvalue weighted by atomic mass is 10.1. The van der Waals surface area contributed by atoms with Gasteiger partial charge in [-0.2, -0.15) is 4.99 Å². The molecule has 0 aliphatic heterocycles. The van der Waals surface area contributed by atoms with Crippen LogP contribution >= 0.6 is 0 Å². The molecule has 86 valence electrons. The van der Waals surface area contributed by atoms with Crippen LogP contribution in [0.15, 0.2) is 32.8 Å². The second-order valence-electron chi connectivity index (χ2n) is 3.56. The number of aliphatic imine (C=N–C) groups is 1. The Kier molecular flexibility index (Phi) is 2.49. The molecule has 0 N–H and O–H groups in total. The predicted octanol–water partition coefficient (Wildman–Crippen LogP) is 0.204. The van der Waals surface area contributed by atoms with Crippen LogP contribution in [0.3, 0.4) is 0 Å². The SMILES string of the molecule is Cn1c(=O)c2cccc(N=C=O)c2c(=O)n1C. The van der Waals surface area contributed by atoms with Gasteiger partial charge in [0.1, 0.15) is 0 Å². The zero-order valence-corrected chi connectivity index (χ0v) is 9.30. The predicted molar refractivity (Wildman–Crippen MR) is 62.2 cm³/mol. The summed E-state index contributed by atoms with van der Waals surface area (Å²) < 4.78 is 2.38. The van der Waals surface area contributed by atoms with Gasteiger partial charge in [0.15, 0.2) is 0 Å². The summed E-state index contributed by atoms with van der Waals surface area (Å²) in [5.41, 5.74) is -0.530. The molecule has 0 aliphatic rings. The van der Waals surface area contributed by atoms with Crippen molar-refractivity contribution in [3.8, 4) is 0 Å². The Morgan fingerprint density at radius 2 is 1.76 bits per heavy atom. The van der Waals surface area contributed by atoms with Crippen LogP contribution in [-0.2, 0) is 18.9 Å². The second-order valence-corrected chi connectivity index (χ2v) is 3.56. The third kappa shape index (κ3) is 1.51. The molecule has 1 aromatic carbocycles. The van der Waals surface area contributed by atoms with Crippen molar-refractivity contribution in [2.24, 2.45) is 19.1 Å². The highest BCUT2D eigenvalue weighted by Crippen LogP contribution is 2.19. The molecule has 17 heavy (non-hydrogen) atoms. The summed E-state index contributed by atoms with van der Waals surface area (Å²) >= 11 is 0. The second kappa shape index (κ2) is 3.84. The minimum Gasteiger partial charge on any atom is -0.267 e. The topological polar surface area (TPSA) is 73.4 Å². The summed E-state index contributed by atoms with van der Waals surface area (Å²) in [6, 6.07) is 4.59. The Balaban J connectivity index is 3.18. The molecule has 6 nitrogen and oxygen atoms in total. The van der Waals surface area contributed by atoms with E-state index in [1.54, 1.807) is 6.07 Å². The molecule has 1 heterocycles. The van der Waals surface area contributed by atoms with Gasteiger partial charge >= 0.3 is 0 Å². The van der Waals surface area contributed by atoms with Gasteiger partial charge in [-0.3, -0.25) is 19.0 Å².